The van der Waals surface area contributed by atoms with Crippen molar-refractivity contribution in [2.75, 3.05) is 16.4 Å². The van der Waals surface area contributed by atoms with E-state index in [1.807, 2.05) is 0 Å². The number of phenols is 1. The van der Waals surface area contributed by atoms with Crippen LogP contribution in [0.4, 0.5) is 33.3 Å². The molecular weight excluding hydrogens is 778 g/mol. The number of phenolic OH excluding ortho intramolecular Hbond substituents is 1. The average Bonchev–Trinajstić information content (AvgIpc) is 3.43. The first-order valence-electron chi connectivity index (χ1n) is 15.2. The molecule has 50 heavy (non-hydrogen) atoms. The fourth-order valence-corrected chi connectivity index (χ4v) is 8.99. The molecule has 7 rings (SSSR count). The van der Waals surface area contributed by atoms with Crippen LogP contribution in [0.3, 0.4) is 0 Å². The van der Waals surface area contributed by atoms with Crippen LogP contribution in [0.2, 0.25) is 0 Å². The molecule has 1 saturated carbocycles. The summed E-state index contributed by atoms with van der Waals surface area (Å²) < 4.78 is 79.6. The molecule has 4 aliphatic rings. The van der Waals surface area contributed by atoms with E-state index < -0.39 is 104 Å². The smallest absolute Gasteiger partial charge is 0.258 e. The summed E-state index contributed by atoms with van der Waals surface area (Å²) in [7, 11) is 0. The number of alkyl halides is 2. The zero-order valence-electron chi connectivity index (χ0n) is 25.5. The summed E-state index contributed by atoms with van der Waals surface area (Å²) >= 11 is 17.6. The Labute approximate surface area is 298 Å². The monoisotopic (exact) mass is 798 g/mol. The summed E-state index contributed by atoms with van der Waals surface area (Å²) in [6.07, 6.45) is 0.818. The van der Waals surface area contributed by atoms with Crippen LogP contribution in [0.5, 0.6) is 11.5 Å². The number of rotatable bonds is 5. The summed E-state index contributed by atoms with van der Waals surface area (Å²) in [5.41, 5.74) is -1.58. The highest BCUT2D eigenvalue weighted by Crippen LogP contribution is 2.67. The third kappa shape index (κ3) is 4.40. The third-order valence-corrected chi connectivity index (χ3v) is 11.9. The molecule has 0 radical (unpaired) electrons. The van der Waals surface area contributed by atoms with Crippen LogP contribution in [-0.2, 0) is 19.2 Å². The van der Waals surface area contributed by atoms with E-state index in [0.717, 1.165) is 4.90 Å². The molecule has 2 aliphatic carbocycles. The van der Waals surface area contributed by atoms with Crippen molar-refractivity contribution in [2.45, 2.75) is 35.4 Å². The first-order chi connectivity index (χ1) is 23.6. The van der Waals surface area contributed by atoms with Crippen molar-refractivity contribution >= 4 is 74.1 Å². The Kier molecular flexibility index (Phi) is 8.11. The lowest BCUT2D eigenvalue weighted by Gasteiger charge is -2.50. The Balaban J connectivity index is 1.45. The minimum Gasteiger partial charge on any atom is -0.504 e. The van der Waals surface area contributed by atoms with Gasteiger partial charge >= 0.3 is 0 Å². The molecule has 8 nitrogen and oxygen atoms in total. The van der Waals surface area contributed by atoms with Gasteiger partial charge in [-0.25, -0.2) is 26.9 Å². The van der Waals surface area contributed by atoms with Gasteiger partial charge in [0.2, 0.25) is 17.6 Å². The number of anilines is 2. The number of halogens is 8. The van der Waals surface area contributed by atoms with Gasteiger partial charge in [-0.15, -0.1) is 23.2 Å². The number of fused-ring (bicyclic) bond motifs is 4. The fraction of sp³-hybridized carbons (Fsp3) is 0.294. The molecule has 2 aliphatic heterocycles. The lowest BCUT2D eigenvalue weighted by molar-refractivity contribution is -0.125. The summed E-state index contributed by atoms with van der Waals surface area (Å²) in [5.74, 6) is -22.4. The number of benzene rings is 3. The third-order valence-electron chi connectivity index (χ3n) is 9.95. The largest absolute Gasteiger partial charge is 0.504 e. The molecule has 0 bridgehead atoms. The van der Waals surface area contributed by atoms with Crippen LogP contribution in [0, 0.1) is 46.8 Å². The van der Waals surface area contributed by atoms with Crippen LogP contribution in [0.1, 0.15) is 31.2 Å². The van der Waals surface area contributed by atoms with Gasteiger partial charge in [-0.3, -0.25) is 24.1 Å². The quantitative estimate of drug-likeness (QED) is 0.0744. The van der Waals surface area contributed by atoms with E-state index in [1.54, 1.807) is 37.3 Å². The number of amides is 4. The first-order valence-corrected chi connectivity index (χ1v) is 16.7. The van der Waals surface area contributed by atoms with Gasteiger partial charge in [-0.1, -0.05) is 39.7 Å². The Bertz CT molecular complexity index is 2060. The van der Waals surface area contributed by atoms with Gasteiger partial charge < -0.3 is 9.84 Å². The van der Waals surface area contributed by atoms with E-state index in [9.17, 15) is 37.5 Å². The molecule has 0 aromatic heterocycles. The van der Waals surface area contributed by atoms with Crippen molar-refractivity contribution in [1.82, 2.24) is 0 Å². The highest BCUT2D eigenvalue weighted by molar-refractivity contribution is 9.10. The van der Waals surface area contributed by atoms with E-state index in [4.69, 9.17) is 27.9 Å². The second kappa shape index (κ2) is 11.8. The van der Waals surface area contributed by atoms with Crippen molar-refractivity contribution in [1.29, 1.82) is 0 Å². The van der Waals surface area contributed by atoms with Crippen molar-refractivity contribution in [3.8, 4) is 11.5 Å². The second-order valence-corrected chi connectivity index (χ2v) is 14.5. The molecule has 3 aromatic carbocycles. The number of nitrogens with zero attached hydrogens (tertiary/aromatic N) is 2. The van der Waals surface area contributed by atoms with Crippen LogP contribution >= 0.6 is 39.1 Å². The number of hydrogen-bond acceptors (Lipinski definition) is 6. The van der Waals surface area contributed by atoms with Crippen molar-refractivity contribution < 1.29 is 51.0 Å². The maximum absolute atomic E-state index is 15.2. The van der Waals surface area contributed by atoms with Crippen LogP contribution in [0.15, 0.2) is 58.6 Å². The highest BCUT2D eigenvalue weighted by Gasteiger charge is 2.77. The summed E-state index contributed by atoms with van der Waals surface area (Å²) in [6.45, 7) is 1.70. The SMILES string of the molecule is CCOc1cccc(C2C3=CCC4C(=O)N(c5ccc(Br)cc5)C(=O)C4C3CC3(Cl)C(=O)N(c4c(F)c(F)c(F)c(F)c4F)C(=O)C23Cl)c1O. The van der Waals surface area contributed by atoms with Crippen molar-refractivity contribution in [2.24, 2.45) is 17.8 Å². The minimum atomic E-state index is -2.78. The molecular formula is C34H22BrCl2F5N2O6. The Morgan fingerprint density at radius 3 is 2.10 bits per heavy atom. The van der Waals surface area contributed by atoms with Crippen LogP contribution in [0.25, 0.3) is 0 Å². The topological polar surface area (TPSA) is 104 Å². The minimum absolute atomic E-state index is 0.0533. The Morgan fingerprint density at radius 1 is 0.860 bits per heavy atom. The number of carbonyl (C=O) groups excluding carboxylic acids is 4. The Morgan fingerprint density at radius 2 is 1.48 bits per heavy atom. The van der Waals surface area contributed by atoms with Crippen LogP contribution in [-0.4, -0.2) is 45.1 Å². The molecule has 3 fully saturated rings. The van der Waals surface area contributed by atoms with Gasteiger partial charge in [0, 0.05) is 16.0 Å². The van der Waals surface area contributed by atoms with Crippen LogP contribution < -0.4 is 14.5 Å². The molecule has 4 amide bonds. The van der Waals surface area contributed by atoms with E-state index in [-0.39, 0.29) is 40.5 Å². The number of para-hydroxylation sites is 1. The second-order valence-electron chi connectivity index (χ2n) is 12.3. The molecule has 1 N–H and O–H groups in total. The van der Waals surface area contributed by atoms with E-state index >= 15 is 8.78 Å². The molecule has 3 aromatic rings. The Hall–Kier alpha value is -4.01. The average molecular weight is 800 g/mol. The molecule has 16 heteroatoms. The predicted molar refractivity (Wildman–Crippen MR) is 172 cm³/mol. The van der Waals surface area contributed by atoms with E-state index in [0.29, 0.717) is 4.47 Å². The summed E-state index contributed by atoms with van der Waals surface area (Å²) in [6, 6.07) is 10.5. The standard InChI is InChI=1S/C34H22BrCl2F5N2O6/c1-2-50-19-5-3-4-17(28(19)45)21-15-10-11-16-20(30(47)43(29(16)46)14-8-6-13(35)7-9-14)18(15)12-33(36)31(48)44(32(49)34(21,33)37)27-25(41)23(39)22(38)24(40)26(27)42/h3-10,16,18,20-21,45H,2,11-12H2,1H3. The molecule has 0 spiro atoms. The molecule has 6 atom stereocenters. The fourth-order valence-electron chi connectivity index (χ4n) is 7.80. The van der Waals surface area contributed by atoms with Crippen molar-refractivity contribution in [3.63, 3.8) is 0 Å². The van der Waals surface area contributed by atoms with Gasteiger partial charge in [0.1, 0.15) is 5.69 Å². The number of imide groups is 2. The number of ether oxygens (including phenoxy) is 1. The number of carbonyl (C=O) groups is 4. The van der Waals surface area contributed by atoms with E-state index in [1.165, 1.54) is 18.2 Å². The molecule has 260 valence electrons. The summed E-state index contributed by atoms with van der Waals surface area (Å²) in [5, 5.41) is 11.4. The normalized spacial score (nSPS) is 28.9. The van der Waals surface area contributed by atoms with Gasteiger partial charge in [-0.2, -0.15) is 0 Å². The maximum atomic E-state index is 15.2. The van der Waals surface area contributed by atoms with Gasteiger partial charge in [0.15, 0.2) is 44.5 Å². The highest BCUT2D eigenvalue weighted by atomic mass is 79.9. The van der Waals surface area contributed by atoms with Gasteiger partial charge in [0.05, 0.1) is 24.1 Å². The molecule has 2 heterocycles. The lowest BCUT2D eigenvalue weighted by Crippen LogP contribution is -2.60. The number of aromatic hydroxyl groups is 1. The first kappa shape index (κ1) is 34.4. The summed E-state index contributed by atoms with van der Waals surface area (Å²) in [4.78, 5) is 51.9. The van der Waals surface area contributed by atoms with Gasteiger partial charge in [-0.05, 0) is 56.0 Å². The lowest BCUT2D eigenvalue weighted by atomic mass is 9.56. The molecule has 6 unspecified atom stereocenters. The van der Waals surface area contributed by atoms with Crippen molar-refractivity contribution in [3.05, 3.63) is 93.2 Å². The maximum Gasteiger partial charge on any atom is 0.258 e. The zero-order chi connectivity index (χ0) is 36.2. The van der Waals surface area contributed by atoms with E-state index in [2.05, 4.69) is 15.9 Å². The predicted octanol–water partition coefficient (Wildman–Crippen LogP) is 7.02. The van der Waals surface area contributed by atoms with Gasteiger partial charge in [0.25, 0.3) is 11.8 Å². The zero-order valence-corrected chi connectivity index (χ0v) is 28.6. The number of hydrogen-bond donors (Lipinski definition) is 1. The molecule has 2 saturated heterocycles. The number of allylic oxidation sites excluding steroid dienone is 2.